The number of fused-ring (bicyclic) bond motifs is 1. The van der Waals surface area contributed by atoms with E-state index in [1.807, 2.05) is 30.3 Å². The van der Waals surface area contributed by atoms with E-state index in [1.54, 1.807) is 0 Å². The molecule has 23 heavy (non-hydrogen) atoms. The van der Waals surface area contributed by atoms with Gasteiger partial charge in [0.15, 0.2) is 5.58 Å². The molecule has 0 bridgehead atoms. The average Bonchev–Trinajstić information content (AvgIpc) is 2.86. The first kappa shape index (κ1) is 15.8. The van der Waals surface area contributed by atoms with Crippen LogP contribution in [0.1, 0.15) is 5.56 Å². The van der Waals surface area contributed by atoms with Crippen LogP contribution in [0, 0.1) is 0 Å². The third kappa shape index (κ3) is 3.47. The Bertz CT molecular complexity index is 993. The molecule has 1 aromatic heterocycles. The lowest BCUT2D eigenvalue weighted by Gasteiger charge is -2.08. The van der Waals surface area contributed by atoms with Crippen molar-refractivity contribution in [3.63, 3.8) is 0 Å². The molecule has 0 aliphatic carbocycles. The van der Waals surface area contributed by atoms with Gasteiger partial charge in [-0.05, 0) is 18.1 Å². The van der Waals surface area contributed by atoms with Gasteiger partial charge < -0.3 is 4.42 Å². The number of hydrogen-bond donors (Lipinski definition) is 2. The quantitative estimate of drug-likeness (QED) is 0.737. The number of hydrogen-bond acceptors (Lipinski definition) is 4. The Morgan fingerprint density at radius 2 is 1.91 bits per heavy atom. The molecule has 0 saturated heterocycles. The Balaban J connectivity index is 1.81. The maximum Gasteiger partial charge on any atom is 0.417 e. The summed E-state index contributed by atoms with van der Waals surface area (Å²) < 4.78 is 32.1. The van der Waals surface area contributed by atoms with E-state index < -0.39 is 15.8 Å². The monoisotopic (exact) mass is 352 g/mol. The van der Waals surface area contributed by atoms with Crippen LogP contribution in [-0.4, -0.2) is 19.9 Å². The molecule has 0 atom stereocenters. The number of halogens is 1. The maximum atomic E-state index is 12.4. The smallest absolute Gasteiger partial charge is 0.408 e. The summed E-state index contributed by atoms with van der Waals surface area (Å²) in [5, 5.41) is 0.0155. The molecular formula is C15H13ClN2O4S. The van der Waals surface area contributed by atoms with Crippen molar-refractivity contribution in [3.05, 3.63) is 63.6 Å². The van der Waals surface area contributed by atoms with E-state index in [0.717, 1.165) is 5.56 Å². The van der Waals surface area contributed by atoms with Gasteiger partial charge in [-0.15, -0.1) is 0 Å². The van der Waals surface area contributed by atoms with Crippen molar-refractivity contribution >= 4 is 32.7 Å². The molecule has 120 valence electrons. The Hall–Kier alpha value is -2.09. The lowest BCUT2D eigenvalue weighted by Crippen LogP contribution is -2.26. The molecular weight excluding hydrogens is 340 g/mol. The fourth-order valence-corrected chi connectivity index (χ4v) is 3.78. The van der Waals surface area contributed by atoms with Gasteiger partial charge in [-0.25, -0.2) is 17.9 Å². The zero-order chi connectivity index (χ0) is 16.4. The summed E-state index contributed by atoms with van der Waals surface area (Å²) in [6.07, 6.45) is 0.555. The summed E-state index contributed by atoms with van der Waals surface area (Å²) in [6, 6.07) is 12.1. The molecule has 0 aliphatic heterocycles. The third-order valence-electron chi connectivity index (χ3n) is 3.31. The number of H-pyrrole nitrogens is 1. The van der Waals surface area contributed by atoms with Gasteiger partial charge in [0.05, 0.1) is 10.5 Å². The Morgan fingerprint density at radius 1 is 1.17 bits per heavy atom. The fourth-order valence-electron chi connectivity index (χ4n) is 2.21. The molecule has 0 fully saturated rings. The van der Waals surface area contributed by atoms with Crippen LogP contribution >= 0.6 is 11.6 Å². The summed E-state index contributed by atoms with van der Waals surface area (Å²) in [6.45, 7) is 0.234. The lowest BCUT2D eigenvalue weighted by molar-refractivity contribution is 0.553. The van der Waals surface area contributed by atoms with Crippen LogP contribution in [0.25, 0.3) is 11.1 Å². The second kappa shape index (κ2) is 6.19. The Kier molecular flexibility index (Phi) is 4.25. The zero-order valence-corrected chi connectivity index (χ0v) is 13.4. The standard InChI is InChI=1S/C15H13ClN2O4S/c16-11-8-12-13(22-15(19)18-12)9-14(11)23(20,21)17-7-6-10-4-2-1-3-5-10/h1-5,8-9,17H,6-7H2,(H,18,19). The van der Waals surface area contributed by atoms with Crippen molar-refractivity contribution in [2.45, 2.75) is 11.3 Å². The van der Waals surface area contributed by atoms with Gasteiger partial charge in [-0.2, -0.15) is 0 Å². The minimum absolute atomic E-state index is 0.0155. The molecule has 0 aliphatic rings. The van der Waals surface area contributed by atoms with Crippen LogP contribution in [0.4, 0.5) is 0 Å². The molecule has 3 rings (SSSR count). The first-order chi connectivity index (χ1) is 11.0. The van der Waals surface area contributed by atoms with Crippen LogP contribution in [0.2, 0.25) is 5.02 Å². The number of aromatic amines is 1. The second-order valence-electron chi connectivity index (χ2n) is 4.93. The zero-order valence-electron chi connectivity index (χ0n) is 11.9. The highest BCUT2D eigenvalue weighted by Crippen LogP contribution is 2.26. The van der Waals surface area contributed by atoms with Gasteiger partial charge in [0, 0.05) is 12.6 Å². The highest BCUT2D eigenvalue weighted by Gasteiger charge is 2.20. The fraction of sp³-hybridized carbons (Fsp3) is 0.133. The molecule has 0 saturated carbocycles. The predicted octanol–water partition coefficient (Wildman–Crippen LogP) is 2.30. The summed E-state index contributed by atoms with van der Waals surface area (Å²) in [5.41, 5.74) is 1.51. The second-order valence-corrected chi connectivity index (χ2v) is 7.07. The number of sulfonamides is 1. The maximum absolute atomic E-state index is 12.4. The minimum atomic E-state index is -3.80. The molecule has 1 heterocycles. The van der Waals surface area contributed by atoms with Crippen LogP contribution < -0.4 is 10.5 Å². The van der Waals surface area contributed by atoms with Crippen molar-refractivity contribution in [1.82, 2.24) is 9.71 Å². The van der Waals surface area contributed by atoms with E-state index in [9.17, 15) is 13.2 Å². The van der Waals surface area contributed by atoms with Gasteiger partial charge in [0.1, 0.15) is 4.90 Å². The molecule has 8 heteroatoms. The van der Waals surface area contributed by atoms with Gasteiger partial charge in [-0.3, -0.25) is 4.98 Å². The highest BCUT2D eigenvalue weighted by atomic mass is 35.5. The van der Waals surface area contributed by atoms with E-state index >= 15 is 0 Å². The number of aromatic nitrogens is 1. The molecule has 0 unspecified atom stereocenters. The molecule has 0 radical (unpaired) electrons. The first-order valence-electron chi connectivity index (χ1n) is 6.82. The minimum Gasteiger partial charge on any atom is -0.408 e. The molecule has 0 amide bonds. The third-order valence-corrected chi connectivity index (χ3v) is 5.24. The number of benzene rings is 2. The first-order valence-corrected chi connectivity index (χ1v) is 8.68. The van der Waals surface area contributed by atoms with Crippen LogP contribution in [0.3, 0.4) is 0 Å². The van der Waals surface area contributed by atoms with Gasteiger partial charge in [0.25, 0.3) is 0 Å². The number of rotatable bonds is 5. The highest BCUT2D eigenvalue weighted by molar-refractivity contribution is 7.89. The summed E-state index contributed by atoms with van der Waals surface area (Å²) in [5.74, 6) is -0.664. The average molecular weight is 353 g/mol. The van der Waals surface area contributed by atoms with Crippen molar-refractivity contribution in [2.75, 3.05) is 6.54 Å². The summed E-state index contributed by atoms with van der Waals surface area (Å²) in [7, 11) is -3.80. The predicted molar refractivity (Wildman–Crippen MR) is 87.2 cm³/mol. The van der Waals surface area contributed by atoms with E-state index in [0.29, 0.717) is 11.9 Å². The van der Waals surface area contributed by atoms with Crippen LogP contribution in [-0.2, 0) is 16.4 Å². The lowest BCUT2D eigenvalue weighted by atomic mass is 10.2. The number of nitrogens with one attached hydrogen (secondary N) is 2. The summed E-state index contributed by atoms with van der Waals surface area (Å²) in [4.78, 5) is 13.5. The van der Waals surface area contributed by atoms with Gasteiger partial charge >= 0.3 is 5.76 Å². The largest absolute Gasteiger partial charge is 0.417 e. The molecule has 3 aromatic rings. The molecule has 6 nitrogen and oxygen atoms in total. The topological polar surface area (TPSA) is 92.2 Å². The molecule has 0 spiro atoms. The summed E-state index contributed by atoms with van der Waals surface area (Å²) >= 11 is 6.01. The van der Waals surface area contributed by atoms with Gasteiger partial charge in [0.2, 0.25) is 10.0 Å². The van der Waals surface area contributed by atoms with Gasteiger partial charge in [-0.1, -0.05) is 41.9 Å². The van der Waals surface area contributed by atoms with E-state index in [-0.39, 0.29) is 22.0 Å². The molecule has 2 N–H and O–H groups in total. The van der Waals surface area contributed by atoms with Crippen molar-refractivity contribution in [3.8, 4) is 0 Å². The van der Waals surface area contributed by atoms with Crippen LogP contribution in [0.5, 0.6) is 0 Å². The Labute approximate surface area is 137 Å². The number of oxazole rings is 1. The van der Waals surface area contributed by atoms with Crippen molar-refractivity contribution in [2.24, 2.45) is 0 Å². The normalized spacial score (nSPS) is 11.9. The Morgan fingerprint density at radius 3 is 2.65 bits per heavy atom. The molecule has 2 aromatic carbocycles. The van der Waals surface area contributed by atoms with Crippen molar-refractivity contribution < 1.29 is 12.8 Å². The van der Waals surface area contributed by atoms with Crippen LogP contribution in [0.15, 0.2) is 56.6 Å². The van der Waals surface area contributed by atoms with E-state index in [2.05, 4.69) is 9.71 Å². The van der Waals surface area contributed by atoms with E-state index in [1.165, 1.54) is 12.1 Å². The van der Waals surface area contributed by atoms with E-state index in [4.69, 9.17) is 16.0 Å². The SMILES string of the molecule is O=c1[nH]c2cc(Cl)c(S(=O)(=O)NCCc3ccccc3)cc2o1. The van der Waals surface area contributed by atoms with Crippen molar-refractivity contribution in [1.29, 1.82) is 0 Å².